The maximum Gasteiger partial charge on any atom is 0.352 e. The molecule has 0 spiro atoms. The highest BCUT2D eigenvalue weighted by Crippen LogP contribution is 2.54. The van der Waals surface area contributed by atoms with Crippen LogP contribution in [0.15, 0.2) is 59.4 Å². The van der Waals surface area contributed by atoms with Crippen LogP contribution in [0.5, 0.6) is 11.5 Å². The number of phenols is 1. The number of aromatic hydroxyl groups is 1. The number of hydrogen-bond acceptors (Lipinski definition) is 6. The molecule has 2 aliphatic heterocycles. The number of unbranched alkanes of at least 4 members (excludes halogenated alkanes) is 2. The highest BCUT2D eigenvalue weighted by Gasteiger charge is 2.67. The Bertz CT molecular complexity index is 1460. The van der Waals surface area contributed by atoms with E-state index in [1.807, 2.05) is 26.0 Å². The van der Waals surface area contributed by atoms with E-state index in [0.29, 0.717) is 16.9 Å². The Morgan fingerprint density at radius 2 is 2.04 bits per heavy atom. The molecule has 0 bridgehead atoms. The van der Waals surface area contributed by atoms with E-state index in [1.165, 1.54) is 10.5 Å². The van der Waals surface area contributed by atoms with Gasteiger partial charge in [0.05, 0.1) is 17.6 Å². The average Bonchev–Trinajstić information content (AvgIpc) is 3.24. The zero-order chi connectivity index (χ0) is 33.2. The third-order valence-electron chi connectivity index (χ3n) is 9.95. The zero-order valence-electron chi connectivity index (χ0n) is 27.4. The summed E-state index contributed by atoms with van der Waals surface area (Å²) in [5.41, 5.74) is 3.45. The minimum atomic E-state index is -1.18. The van der Waals surface area contributed by atoms with Crippen molar-refractivity contribution < 1.29 is 29.6 Å². The number of rotatable bonds is 12. The van der Waals surface area contributed by atoms with Gasteiger partial charge in [-0.3, -0.25) is 4.79 Å². The van der Waals surface area contributed by atoms with Gasteiger partial charge in [-0.05, 0) is 94.8 Å². The number of fused-ring (bicyclic) bond motifs is 1. The number of benzene rings is 1. The molecule has 0 unspecified atom stereocenters. The second-order valence-electron chi connectivity index (χ2n) is 13.2. The van der Waals surface area contributed by atoms with Gasteiger partial charge in [-0.25, -0.2) is 4.79 Å². The van der Waals surface area contributed by atoms with E-state index in [1.54, 1.807) is 26.0 Å². The molecule has 1 saturated heterocycles. The van der Waals surface area contributed by atoms with E-state index in [2.05, 4.69) is 31.8 Å². The van der Waals surface area contributed by atoms with E-state index >= 15 is 0 Å². The fraction of sp³-hybridized carbons (Fsp3) is 0.528. The average molecular weight is 637 g/mol. The van der Waals surface area contributed by atoms with Gasteiger partial charge in [0.2, 0.25) is 5.91 Å². The molecular formula is C36H48N2O6S. The Morgan fingerprint density at radius 3 is 2.67 bits per heavy atom. The highest BCUT2D eigenvalue weighted by atomic mass is 32.1. The molecule has 6 atom stereocenters. The molecule has 1 aromatic carbocycles. The molecule has 244 valence electrons. The maximum atomic E-state index is 12.9. The minimum absolute atomic E-state index is 0.0476. The molecule has 1 fully saturated rings. The predicted molar refractivity (Wildman–Crippen MR) is 180 cm³/mol. The molecule has 0 radical (unpaired) electrons. The number of carboxylic acids is 1. The Kier molecular flexibility index (Phi) is 10.6. The summed E-state index contributed by atoms with van der Waals surface area (Å²) in [5, 5.41) is 34.8. The van der Waals surface area contributed by atoms with Crippen LogP contribution in [0.25, 0.3) is 0 Å². The van der Waals surface area contributed by atoms with Crippen molar-refractivity contribution in [1.82, 2.24) is 10.2 Å². The topological polar surface area (TPSA) is 119 Å². The van der Waals surface area contributed by atoms with Crippen LogP contribution >= 0.6 is 12.2 Å². The van der Waals surface area contributed by atoms with Crippen molar-refractivity contribution in [1.29, 1.82) is 0 Å². The molecule has 9 heteroatoms. The smallest absolute Gasteiger partial charge is 0.352 e. The number of phenolic OH excluding ortho intramolecular Hbond substituents is 1. The number of thiocarbonyl (C=S) groups is 1. The van der Waals surface area contributed by atoms with E-state index in [4.69, 9.17) is 17.0 Å². The standard InChI is InChI=1S/C36H48N2O6S/c1-8-9-10-12-24-18-28(40)30(27-17-21(4)14-15-25(27)20(2)3)29(19-24)44-35(45)37-16-11-13-26-22(5)32-36(7,23(6)39)34(43)38(32)31(26)33(41)42/h11,13,17-19,22-23,25,27,32,39-40H,2,8-10,12,14-16H2,1,3-7H3,(H,37,45)(H,41,42)/b13-11+/t22-,23+,25-,27+,32+,36+/m0/s1. The lowest BCUT2D eigenvalue weighted by atomic mass is 9.65. The first kappa shape index (κ1) is 34.4. The summed E-state index contributed by atoms with van der Waals surface area (Å²) in [6.07, 6.45) is 10.7. The lowest BCUT2D eigenvalue weighted by Gasteiger charge is -2.54. The van der Waals surface area contributed by atoms with E-state index in [9.17, 15) is 24.9 Å². The number of nitrogens with zero attached hydrogens (tertiary/aromatic N) is 1. The van der Waals surface area contributed by atoms with Crippen LogP contribution < -0.4 is 10.1 Å². The third kappa shape index (κ3) is 6.61. The second kappa shape index (κ2) is 13.9. The van der Waals surface area contributed by atoms with E-state index in [-0.39, 0.29) is 46.8 Å². The van der Waals surface area contributed by atoms with Crippen LogP contribution in [0.4, 0.5) is 0 Å². The number of hydrogen-bond donors (Lipinski definition) is 4. The summed E-state index contributed by atoms with van der Waals surface area (Å²) in [5.74, 6) is -1.05. The van der Waals surface area contributed by atoms with Crippen molar-refractivity contribution in [3.05, 3.63) is 70.5 Å². The lowest BCUT2D eigenvalue weighted by molar-refractivity contribution is -0.181. The van der Waals surface area contributed by atoms with E-state index in [0.717, 1.165) is 49.7 Å². The van der Waals surface area contributed by atoms with Crippen molar-refractivity contribution in [3.8, 4) is 11.5 Å². The summed E-state index contributed by atoms with van der Waals surface area (Å²) >= 11 is 5.58. The molecule has 2 heterocycles. The quantitative estimate of drug-likeness (QED) is 0.0885. The zero-order valence-corrected chi connectivity index (χ0v) is 28.2. The van der Waals surface area contributed by atoms with Gasteiger partial charge in [-0.15, -0.1) is 0 Å². The number of amides is 1. The normalized spacial score (nSPS) is 26.8. The van der Waals surface area contributed by atoms with Gasteiger partial charge >= 0.3 is 5.97 Å². The summed E-state index contributed by atoms with van der Waals surface area (Å²) in [4.78, 5) is 26.4. The van der Waals surface area contributed by atoms with Crippen LogP contribution in [0.3, 0.4) is 0 Å². The summed E-state index contributed by atoms with van der Waals surface area (Å²) < 4.78 is 6.23. The molecule has 1 aliphatic carbocycles. The monoisotopic (exact) mass is 636 g/mol. The minimum Gasteiger partial charge on any atom is -0.507 e. The summed E-state index contributed by atoms with van der Waals surface area (Å²) in [7, 11) is 0. The number of aliphatic hydroxyl groups is 1. The van der Waals surface area contributed by atoms with Crippen molar-refractivity contribution in [2.24, 2.45) is 17.3 Å². The molecule has 8 nitrogen and oxygen atoms in total. The van der Waals surface area contributed by atoms with Crippen LogP contribution in [0, 0.1) is 17.3 Å². The molecule has 4 rings (SSSR count). The number of carbonyl (C=O) groups excluding carboxylic acids is 1. The first-order chi connectivity index (χ1) is 21.2. The second-order valence-corrected chi connectivity index (χ2v) is 13.5. The summed E-state index contributed by atoms with van der Waals surface area (Å²) in [6.45, 7) is 15.9. The summed E-state index contributed by atoms with van der Waals surface area (Å²) in [6, 6.07) is 3.40. The molecule has 3 aliphatic rings. The third-order valence-corrected chi connectivity index (χ3v) is 10.2. The number of β-lactam (4-membered cyclic amide) rings is 1. The number of nitrogens with one attached hydrogen (secondary N) is 1. The number of aliphatic hydroxyl groups excluding tert-OH is 1. The Hall–Kier alpha value is -3.43. The SMILES string of the molecule is C=C(C)[C@@H]1CCC(C)=C[C@H]1c1c(O)cc(CCCCC)cc1OC(=S)NC/C=C/C1=C(C(=O)O)N2C(=O)[C@](C)([C@@H](C)O)[C@H]2[C@H]1C. The number of allylic oxidation sites excluding steroid dienone is 4. The number of carbonyl (C=O) groups is 2. The largest absolute Gasteiger partial charge is 0.507 e. The van der Waals surface area contributed by atoms with Crippen LogP contribution in [0.1, 0.15) is 90.7 Å². The first-order valence-electron chi connectivity index (χ1n) is 16.0. The predicted octanol–water partition coefficient (Wildman–Crippen LogP) is 6.54. The molecule has 45 heavy (non-hydrogen) atoms. The van der Waals surface area contributed by atoms with E-state index < -0.39 is 23.5 Å². The number of ether oxygens (including phenoxy) is 1. The van der Waals surface area contributed by atoms with Gasteiger partial charge in [-0.2, -0.15) is 0 Å². The van der Waals surface area contributed by atoms with Crippen LogP contribution in [-0.2, 0) is 16.0 Å². The molecule has 4 N–H and O–H groups in total. The fourth-order valence-electron chi connectivity index (χ4n) is 7.29. The van der Waals surface area contributed by atoms with Crippen molar-refractivity contribution in [2.75, 3.05) is 6.54 Å². The van der Waals surface area contributed by atoms with Crippen LogP contribution in [-0.4, -0.2) is 56.0 Å². The Labute approximate surface area is 272 Å². The Morgan fingerprint density at radius 1 is 1.33 bits per heavy atom. The van der Waals surface area contributed by atoms with Gasteiger partial charge < -0.3 is 30.3 Å². The fourth-order valence-corrected chi connectivity index (χ4v) is 7.46. The van der Waals surface area contributed by atoms with Gasteiger partial charge in [0, 0.05) is 23.9 Å². The van der Waals surface area contributed by atoms with Crippen molar-refractivity contribution in [2.45, 2.75) is 98.1 Å². The molecular weight excluding hydrogens is 588 g/mol. The van der Waals surface area contributed by atoms with Gasteiger partial charge in [0.1, 0.15) is 17.2 Å². The molecule has 0 aromatic heterocycles. The number of aryl methyl sites for hydroxylation is 1. The Balaban J connectivity index is 1.54. The molecule has 1 amide bonds. The van der Waals surface area contributed by atoms with Crippen molar-refractivity contribution >= 4 is 29.3 Å². The molecule has 1 aromatic rings. The molecule has 0 saturated carbocycles. The highest BCUT2D eigenvalue weighted by molar-refractivity contribution is 7.80. The maximum absolute atomic E-state index is 12.9. The van der Waals surface area contributed by atoms with Gasteiger partial charge in [0.15, 0.2) is 0 Å². The number of carboxylic acid groups (broad SMARTS) is 1. The lowest BCUT2D eigenvalue weighted by Crippen LogP contribution is -2.70. The van der Waals surface area contributed by atoms with Crippen LogP contribution in [0.2, 0.25) is 0 Å². The number of aliphatic carboxylic acids is 1. The van der Waals surface area contributed by atoms with Gasteiger partial charge in [0.25, 0.3) is 5.17 Å². The first-order valence-corrected chi connectivity index (χ1v) is 16.4. The van der Waals surface area contributed by atoms with Gasteiger partial charge in [-0.1, -0.05) is 62.6 Å². The van der Waals surface area contributed by atoms with Crippen molar-refractivity contribution in [3.63, 3.8) is 0 Å².